The fourth-order valence-electron chi connectivity index (χ4n) is 2.93. The van der Waals surface area contributed by atoms with Crippen LogP contribution >= 0.6 is 0 Å². The van der Waals surface area contributed by atoms with Gasteiger partial charge in [-0.2, -0.15) is 0 Å². The molecule has 0 radical (unpaired) electrons. The summed E-state index contributed by atoms with van der Waals surface area (Å²) in [6.45, 7) is 0. The number of furan rings is 1. The lowest BCUT2D eigenvalue weighted by molar-refractivity contribution is 0.102. The molecule has 0 saturated carbocycles. The molecule has 1 amide bonds. The van der Waals surface area contributed by atoms with Crippen LogP contribution in [0.5, 0.6) is 0 Å². The molecule has 0 unspecified atom stereocenters. The maximum absolute atomic E-state index is 12.4. The summed E-state index contributed by atoms with van der Waals surface area (Å²) >= 11 is 0. The zero-order chi connectivity index (χ0) is 19.7. The average molecular weight is 393 g/mol. The van der Waals surface area contributed by atoms with Gasteiger partial charge in [-0.15, -0.1) is 0 Å². The zero-order valence-electron chi connectivity index (χ0n) is 14.5. The van der Waals surface area contributed by atoms with E-state index in [0.717, 1.165) is 0 Å². The van der Waals surface area contributed by atoms with Gasteiger partial charge < -0.3 is 9.73 Å². The lowest BCUT2D eigenvalue weighted by Gasteiger charge is -2.12. The van der Waals surface area contributed by atoms with E-state index < -0.39 is 10.0 Å². The lowest BCUT2D eigenvalue weighted by Crippen LogP contribution is -2.16. The van der Waals surface area contributed by atoms with Crippen LogP contribution in [0, 0.1) is 0 Å². The van der Waals surface area contributed by atoms with E-state index in [-0.39, 0.29) is 10.8 Å². The van der Waals surface area contributed by atoms with Crippen LogP contribution in [0.15, 0.2) is 82.4 Å². The van der Waals surface area contributed by atoms with E-state index in [1.165, 1.54) is 18.5 Å². The summed E-state index contributed by atoms with van der Waals surface area (Å²) < 4.78 is 29.8. The van der Waals surface area contributed by atoms with Crippen molar-refractivity contribution in [2.75, 3.05) is 5.32 Å². The van der Waals surface area contributed by atoms with Gasteiger partial charge in [0.15, 0.2) is 0 Å². The standard InChI is InChI=1S/C20H15N3O4S/c21-28(25,26)18-12-14(23-20(24)13-4-2-1-3-5-13)6-7-16(18)19-15-9-11-27-17(15)8-10-22-19/h1-12H,(H,23,24)(H2,21,25,26). The molecule has 4 aromatic rings. The van der Waals surface area contributed by atoms with Gasteiger partial charge in [0.2, 0.25) is 10.0 Å². The molecule has 0 aliphatic carbocycles. The summed E-state index contributed by atoms with van der Waals surface area (Å²) in [6, 6.07) is 16.5. The maximum atomic E-state index is 12.4. The van der Waals surface area contributed by atoms with Crippen LogP contribution in [0.3, 0.4) is 0 Å². The van der Waals surface area contributed by atoms with Gasteiger partial charge in [0.1, 0.15) is 5.58 Å². The summed E-state index contributed by atoms with van der Waals surface area (Å²) in [5, 5.41) is 8.78. The number of amides is 1. The van der Waals surface area contributed by atoms with Crippen LogP contribution in [-0.2, 0) is 10.0 Å². The minimum atomic E-state index is -4.08. The van der Waals surface area contributed by atoms with E-state index in [1.807, 2.05) is 0 Å². The Bertz CT molecular complexity index is 1280. The number of hydrogen-bond donors (Lipinski definition) is 2. The molecule has 8 heteroatoms. The number of pyridine rings is 1. The van der Waals surface area contributed by atoms with Crippen LogP contribution < -0.4 is 10.5 Å². The highest BCUT2D eigenvalue weighted by molar-refractivity contribution is 7.89. The van der Waals surface area contributed by atoms with Crippen molar-refractivity contribution in [2.45, 2.75) is 4.90 Å². The number of benzene rings is 2. The Morgan fingerprint density at radius 2 is 1.82 bits per heavy atom. The molecule has 0 fully saturated rings. The van der Waals surface area contributed by atoms with Gasteiger partial charge in [0, 0.05) is 28.4 Å². The number of hydrogen-bond acceptors (Lipinski definition) is 5. The predicted molar refractivity (Wildman–Crippen MR) is 105 cm³/mol. The number of sulfonamides is 1. The van der Waals surface area contributed by atoms with Crippen LogP contribution in [-0.4, -0.2) is 19.3 Å². The van der Waals surface area contributed by atoms with Crippen LogP contribution in [0.4, 0.5) is 5.69 Å². The topological polar surface area (TPSA) is 115 Å². The zero-order valence-corrected chi connectivity index (χ0v) is 15.3. The highest BCUT2D eigenvalue weighted by Crippen LogP contribution is 2.33. The molecule has 0 aliphatic rings. The summed E-state index contributed by atoms with van der Waals surface area (Å²) in [5.41, 5.74) is 2.09. The first kappa shape index (κ1) is 17.9. The summed E-state index contributed by atoms with van der Waals surface area (Å²) in [5.74, 6) is -0.358. The van der Waals surface area contributed by atoms with Gasteiger partial charge in [-0.1, -0.05) is 18.2 Å². The Morgan fingerprint density at radius 3 is 2.57 bits per heavy atom. The van der Waals surface area contributed by atoms with Gasteiger partial charge in [-0.25, -0.2) is 13.6 Å². The first-order valence-corrected chi connectivity index (χ1v) is 9.84. The Balaban J connectivity index is 1.79. The lowest BCUT2D eigenvalue weighted by atomic mass is 10.1. The molecule has 0 saturated heterocycles. The van der Waals surface area contributed by atoms with E-state index in [2.05, 4.69) is 10.3 Å². The van der Waals surface area contributed by atoms with Crippen molar-refractivity contribution >= 4 is 32.6 Å². The molecule has 2 aromatic carbocycles. The van der Waals surface area contributed by atoms with Crippen molar-refractivity contribution in [2.24, 2.45) is 5.14 Å². The molecular weight excluding hydrogens is 378 g/mol. The summed E-state index contributed by atoms with van der Waals surface area (Å²) in [7, 11) is -4.08. The second kappa shape index (κ2) is 6.91. The molecule has 2 heterocycles. The van der Waals surface area contributed by atoms with Crippen molar-refractivity contribution in [3.63, 3.8) is 0 Å². The van der Waals surface area contributed by atoms with Crippen molar-refractivity contribution in [3.05, 3.63) is 78.7 Å². The van der Waals surface area contributed by atoms with E-state index >= 15 is 0 Å². The molecular formula is C20H15N3O4S. The summed E-state index contributed by atoms with van der Waals surface area (Å²) in [6.07, 6.45) is 3.03. The molecule has 140 valence electrons. The molecule has 3 N–H and O–H groups in total. The number of nitrogens with two attached hydrogens (primary N) is 1. The Labute approximate surface area is 160 Å². The number of carbonyl (C=O) groups is 1. The molecule has 4 rings (SSSR count). The third kappa shape index (κ3) is 3.38. The Kier molecular flexibility index (Phi) is 4.42. The second-order valence-electron chi connectivity index (χ2n) is 6.07. The quantitative estimate of drug-likeness (QED) is 0.551. The van der Waals surface area contributed by atoms with Gasteiger partial charge in [-0.3, -0.25) is 9.78 Å². The average Bonchev–Trinajstić information content (AvgIpc) is 3.17. The minimum absolute atomic E-state index is 0.139. The van der Waals surface area contributed by atoms with Gasteiger partial charge in [0.05, 0.1) is 16.9 Å². The number of fused-ring (bicyclic) bond motifs is 1. The van der Waals surface area contributed by atoms with E-state index in [4.69, 9.17) is 9.56 Å². The summed E-state index contributed by atoms with van der Waals surface area (Å²) in [4.78, 5) is 16.5. The van der Waals surface area contributed by atoms with Crippen LogP contribution in [0.2, 0.25) is 0 Å². The maximum Gasteiger partial charge on any atom is 0.255 e. The van der Waals surface area contributed by atoms with Gasteiger partial charge in [-0.05, 0) is 42.5 Å². The van der Waals surface area contributed by atoms with Crippen molar-refractivity contribution in [1.29, 1.82) is 0 Å². The third-order valence-corrected chi connectivity index (χ3v) is 5.17. The SMILES string of the molecule is NS(=O)(=O)c1cc(NC(=O)c2ccccc2)ccc1-c1nccc2occc12. The molecule has 0 spiro atoms. The van der Waals surface area contributed by atoms with Crippen LogP contribution in [0.25, 0.3) is 22.2 Å². The largest absolute Gasteiger partial charge is 0.464 e. The minimum Gasteiger partial charge on any atom is -0.464 e. The normalized spacial score (nSPS) is 11.5. The van der Waals surface area contributed by atoms with E-state index in [1.54, 1.807) is 54.6 Å². The van der Waals surface area contributed by atoms with Gasteiger partial charge in [0.25, 0.3) is 5.91 Å². The number of primary sulfonamides is 1. The highest BCUT2D eigenvalue weighted by atomic mass is 32.2. The molecule has 28 heavy (non-hydrogen) atoms. The molecule has 7 nitrogen and oxygen atoms in total. The van der Waals surface area contributed by atoms with Crippen LogP contribution in [0.1, 0.15) is 10.4 Å². The number of rotatable bonds is 4. The van der Waals surface area contributed by atoms with Crippen molar-refractivity contribution in [1.82, 2.24) is 4.98 Å². The number of nitrogens with one attached hydrogen (secondary N) is 1. The van der Waals surface area contributed by atoms with Crippen molar-refractivity contribution in [3.8, 4) is 11.3 Å². The first-order valence-electron chi connectivity index (χ1n) is 8.29. The fraction of sp³-hybridized carbons (Fsp3) is 0. The Morgan fingerprint density at radius 1 is 1.04 bits per heavy atom. The number of carbonyl (C=O) groups excluding carboxylic acids is 1. The third-order valence-electron chi connectivity index (χ3n) is 4.22. The second-order valence-corrected chi connectivity index (χ2v) is 7.60. The molecule has 0 aliphatic heterocycles. The highest BCUT2D eigenvalue weighted by Gasteiger charge is 2.20. The fourth-order valence-corrected chi connectivity index (χ4v) is 3.70. The van der Waals surface area contributed by atoms with Gasteiger partial charge >= 0.3 is 0 Å². The number of aromatic nitrogens is 1. The monoisotopic (exact) mass is 393 g/mol. The molecule has 2 aromatic heterocycles. The number of anilines is 1. The molecule has 0 atom stereocenters. The van der Waals surface area contributed by atoms with E-state index in [0.29, 0.717) is 33.5 Å². The molecule has 0 bridgehead atoms. The predicted octanol–water partition coefficient (Wildman–Crippen LogP) is 3.39. The number of nitrogens with zero attached hydrogens (tertiary/aromatic N) is 1. The van der Waals surface area contributed by atoms with Crippen molar-refractivity contribution < 1.29 is 17.6 Å². The van der Waals surface area contributed by atoms with E-state index in [9.17, 15) is 13.2 Å². The first-order chi connectivity index (χ1) is 13.4. The Hall–Kier alpha value is -3.49. The smallest absolute Gasteiger partial charge is 0.255 e.